The molecule has 6 heteroatoms. The number of fused-ring (bicyclic) bond motifs is 2. The minimum atomic E-state index is -1.26. The fourth-order valence-electron chi connectivity index (χ4n) is 4.08. The predicted octanol–water partition coefficient (Wildman–Crippen LogP) is 3.80. The number of carboxylic acids is 2. The van der Waals surface area contributed by atoms with Crippen LogP contribution in [0.15, 0.2) is 66.7 Å². The lowest BCUT2D eigenvalue weighted by Crippen LogP contribution is -2.43. The Bertz CT molecular complexity index is 974. The Morgan fingerprint density at radius 1 is 0.875 bits per heavy atom. The number of nitrogens with zero attached hydrogens (tertiary/aromatic N) is 1. The molecule has 0 saturated carbocycles. The molecule has 0 aliphatic carbocycles. The maximum atomic E-state index is 9.55. The largest absolute Gasteiger partial charge is 0.490 e. The third kappa shape index (κ3) is 7.00. The summed E-state index contributed by atoms with van der Waals surface area (Å²) in [5.41, 5.74) is 2.06. The molecule has 4 rings (SSSR count). The van der Waals surface area contributed by atoms with E-state index in [0.29, 0.717) is 30.3 Å². The van der Waals surface area contributed by atoms with Gasteiger partial charge in [-0.25, -0.2) is 9.59 Å². The van der Waals surface area contributed by atoms with Gasteiger partial charge in [-0.05, 0) is 69.1 Å². The van der Waals surface area contributed by atoms with Crippen molar-refractivity contribution in [2.45, 2.75) is 43.9 Å². The Morgan fingerprint density at radius 3 is 1.88 bits per heavy atom. The van der Waals surface area contributed by atoms with Gasteiger partial charge in [0, 0.05) is 35.4 Å². The van der Waals surface area contributed by atoms with Gasteiger partial charge < -0.3 is 19.8 Å². The van der Waals surface area contributed by atoms with E-state index >= 15 is 0 Å². The first-order chi connectivity index (χ1) is 15.4. The minimum Gasteiger partial charge on any atom is -0.490 e. The van der Waals surface area contributed by atoms with Crippen molar-refractivity contribution in [2.24, 2.45) is 0 Å². The Balaban J connectivity index is 0.000000312. The average Bonchev–Trinajstić information content (AvgIpc) is 2.98. The minimum absolute atomic E-state index is 0.361. The molecule has 2 aromatic carbocycles. The molecule has 0 aromatic heterocycles. The van der Waals surface area contributed by atoms with Crippen molar-refractivity contribution < 1.29 is 24.5 Å². The van der Waals surface area contributed by atoms with E-state index in [0.717, 1.165) is 29.7 Å². The van der Waals surface area contributed by atoms with Crippen LogP contribution >= 0.6 is 0 Å². The third-order valence-electron chi connectivity index (χ3n) is 5.71. The summed E-state index contributed by atoms with van der Waals surface area (Å²) in [6.45, 7) is 0. The molecule has 2 atom stereocenters. The lowest BCUT2D eigenvalue weighted by atomic mass is 10.0. The van der Waals surface area contributed by atoms with Crippen molar-refractivity contribution in [2.75, 3.05) is 7.05 Å². The Morgan fingerprint density at radius 2 is 1.38 bits per heavy atom. The highest BCUT2D eigenvalue weighted by molar-refractivity contribution is 5.89. The van der Waals surface area contributed by atoms with Crippen molar-refractivity contribution >= 4 is 11.9 Å². The number of rotatable bonds is 4. The van der Waals surface area contributed by atoms with E-state index in [-0.39, 0.29) is 0 Å². The Labute approximate surface area is 188 Å². The average molecular weight is 434 g/mol. The second-order valence-electron chi connectivity index (χ2n) is 7.91. The predicted molar refractivity (Wildman–Crippen MR) is 121 cm³/mol. The highest BCUT2D eigenvalue weighted by Gasteiger charge is 2.39. The van der Waals surface area contributed by atoms with Crippen molar-refractivity contribution in [1.82, 2.24) is 4.90 Å². The van der Waals surface area contributed by atoms with Gasteiger partial charge in [0.2, 0.25) is 0 Å². The van der Waals surface area contributed by atoms with Gasteiger partial charge >= 0.3 is 11.9 Å². The van der Waals surface area contributed by atoms with Crippen molar-refractivity contribution in [3.8, 4) is 17.6 Å². The number of aliphatic carboxylic acids is 2. The van der Waals surface area contributed by atoms with E-state index in [1.807, 2.05) is 30.3 Å². The topological polar surface area (TPSA) is 87.1 Å². The van der Waals surface area contributed by atoms with Crippen molar-refractivity contribution in [1.29, 1.82) is 0 Å². The summed E-state index contributed by atoms with van der Waals surface area (Å²) >= 11 is 0. The fraction of sp³-hybridized carbons (Fsp3) is 0.308. The van der Waals surface area contributed by atoms with Gasteiger partial charge in [-0.1, -0.05) is 30.0 Å². The first-order valence-corrected chi connectivity index (χ1v) is 10.6. The van der Waals surface area contributed by atoms with Crippen LogP contribution in [0.2, 0.25) is 0 Å². The normalized spacial score (nSPS) is 21.7. The molecule has 32 heavy (non-hydrogen) atoms. The Hall–Kier alpha value is -3.56. The van der Waals surface area contributed by atoms with Gasteiger partial charge in [0.05, 0.1) is 0 Å². The summed E-state index contributed by atoms with van der Waals surface area (Å²) in [5, 5.41) is 15.6. The summed E-state index contributed by atoms with van der Waals surface area (Å²) in [5.74, 6) is 4.85. The Kier molecular flexibility index (Phi) is 8.07. The van der Waals surface area contributed by atoms with Gasteiger partial charge in [0.25, 0.3) is 0 Å². The second kappa shape index (κ2) is 11.2. The fourth-order valence-corrected chi connectivity index (χ4v) is 4.08. The van der Waals surface area contributed by atoms with Gasteiger partial charge in [-0.2, -0.15) is 0 Å². The number of hydrogen-bond donors (Lipinski definition) is 2. The van der Waals surface area contributed by atoms with E-state index in [1.54, 1.807) is 0 Å². The van der Waals surface area contributed by atoms with E-state index in [9.17, 15) is 9.59 Å². The summed E-state index contributed by atoms with van der Waals surface area (Å²) in [4.78, 5) is 21.7. The van der Waals surface area contributed by atoms with Crippen molar-refractivity contribution in [3.63, 3.8) is 0 Å². The number of piperidine rings is 1. The highest BCUT2D eigenvalue weighted by Crippen LogP contribution is 2.35. The van der Waals surface area contributed by atoms with Crippen LogP contribution in [-0.4, -0.2) is 52.3 Å². The van der Waals surface area contributed by atoms with Crippen LogP contribution in [0.4, 0.5) is 0 Å². The van der Waals surface area contributed by atoms with Crippen LogP contribution < -0.4 is 4.74 Å². The smallest absolute Gasteiger partial charge is 0.328 e. The van der Waals surface area contributed by atoms with Gasteiger partial charge in [-0.3, -0.25) is 0 Å². The number of benzene rings is 2. The molecule has 2 saturated heterocycles. The lowest BCUT2D eigenvalue weighted by molar-refractivity contribution is -0.134. The van der Waals surface area contributed by atoms with E-state index < -0.39 is 11.9 Å². The standard InChI is InChI=1S/C22H23NO.C4H4O4/c1-23-19-11-12-20(23)16-22(15-19)24-21-13-9-18(10-14-21)8-7-17-5-3-2-4-6-17;5-3(6)1-2-4(7)8/h2-6,9-10,13-14,19-20,22H,11-12,15-16H2,1H3;1-2H,(H,5,6)(H,7,8)/b;2-1+. The quantitative estimate of drug-likeness (QED) is 0.563. The van der Waals surface area contributed by atoms with E-state index in [1.165, 1.54) is 12.8 Å². The van der Waals surface area contributed by atoms with Crippen LogP contribution in [0.1, 0.15) is 36.8 Å². The molecule has 2 heterocycles. The zero-order valence-electron chi connectivity index (χ0n) is 18.0. The summed E-state index contributed by atoms with van der Waals surface area (Å²) in [7, 11) is 2.26. The van der Waals surface area contributed by atoms with Crippen LogP contribution in [0.25, 0.3) is 0 Å². The van der Waals surface area contributed by atoms with Crippen LogP contribution in [0.5, 0.6) is 5.75 Å². The van der Waals surface area contributed by atoms with Crippen molar-refractivity contribution in [3.05, 3.63) is 77.9 Å². The number of carbonyl (C=O) groups is 2. The molecule has 2 bridgehead atoms. The zero-order valence-corrected chi connectivity index (χ0v) is 18.0. The van der Waals surface area contributed by atoms with Gasteiger partial charge in [0.15, 0.2) is 0 Å². The molecule has 2 aliphatic rings. The number of ether oxygens (including phenoxy) is 1. The van der Waals surface area contributed by atoms with E-state index in [4.69, 9.17) is 14.9 Å². The molecule has 2 unspecified atom stereocenters. The SMILES string of the molecule is CN1C2CCC1CC(Oc1ccc(C#Cc3ccccc3)cc1)C2.O=C(O)/C=C/C(=O)O. The monoisotopic (exact) mass is 433 g/mol. The molecule has 2 fully saturated rings. The van der Waals surface area contributed by atoms with Crippen LogP contribution in [0, 0.1) is 11.8 Å². The molecule has 0 spiro atoms. The zero-order chi connectivity index (χ0) is 22.9. The van der Waals surface area contributed by atoms with Crippen LogP contribution in [0.3, 0.4) is 0 Å². The second-order valence-corrected chi connectivity index (χ2v) is 7.91. The maximum absolute atomic E-state index is 9.55. The maximum Gasteiger partial charge on any atom is 0.328 e. The highest BCUT2D eigenvalue weighted by atomic mass is 16.5. The third-order valence-corrected chi connectivity index (χ3v) is 5.71. The molecule has 0 radical (unpaired) electrons. The molecule has 2 aromatic rings. The molecule has 0 amide bonds. The molecular formula is C26H27NO5. The first kappa shape index (κ1) is 23.1. The molecule has 6 nitrogen and oxygen atoms in total. The first-order valence-electron chi connectivity index (χ1n) is 10.6. The van der Waals surface area contributed by atoms with E-state index in [2.05, 4.69) is 48.1 Å². The number of carboxylic acid groups (broad SMARTS) is 2. The summed E-state index contributed by atoms with van der Waals surface area (Å²) < 4.78 is 6.23. The molecular weight excluding hydrogens is 406 g/mol. The molecule has 2 N–H and O–H groups in total. The van der Waals surface area contributed by atoms with Crippen LogP contribution in [-0.2, 0) is 9.59 Å². The summed E-state index contributed by atoms with van der Waals surface area (Å²) in [6.07, 6.45) is 6.44. The lowest BCUT2D eigenvalue weighted by Gasteiger charge is -2.36. The van der Waals surface area contributed by atoms with Gasteiger partial charge in [0.1, 0.15) is 11.9 Å². The number of hydrogen-bond acceptors (Lipinski definition) is 4. The summed E-state index contributed by atoms with van der Waals surface area (Å²) in [6, 6.07) is 19.7. The molecule has 2 aliphatic heterocycles. The molecule has 166 valence electrons. The van der Waals surface area contributed by atoms with Gasteiger partial charge in [-0.15, -0.1) is 0 Å².